The Labute approximate surface area is 145 Å². The molecule has 1 saturated heterocycles. The summed E-state index contributed by atoms with van der Waals surface area (Å²) in [5.41, 5.74) is 1.62. The molecule has 0 saturated carbocycles. The highest BCUT2D eigenvalue weighted by Crippen LogP contribution is 2.20. The van der Waals surface area contributed by atoms with Crippen LogP contribution in [0.1, 0.15) is 56.3 Å². The molecule has 0 radical (unpaired) electrons. The molecule has 1 aliphatic heterocycles. The number of hydrogen-bond acceptors (Lipinski definition) is 5. The molecule has 7 heteroatoms. The lowest BCUT2D eigenvalue weighted by atomic mass is 10.1. The molecule has 0 spiro atoms. The molecule has 1 aromatic heterocycles. The van der Waals surface area contributed by atoms with Gasteiger partial charge < -0.3 is 4.90 Å². The fourth-order valence-corrected chi connectivity index (χ4v) is 4.10. The zero-order valence-corrected chi connectivity index (χ0v) is 15.5. The summed E-state index contributed by atoms with van der Waals surface area (Å²) < 4.78 is 26.4. The molecule has 2 rings (SSSR count). The summed E-state index contributed by atoms with van der Waals surface area (Å²) in [6.07, 6.45) is 9.30. The van der Waals surface area contributed by atoms with Crippen molar-refractivity contribution in [2.75, 3.05) is 23.7 Å². The van der Waals surface area contributed by atoms with E-state index in [1.807, 2.05) is 13.8 Å². The van der Waals surface area contributed by atoms with E-state index in [0.29, 0.717) is 0 Å². The number of anilines is 1. The first-order chi connectivity index (χ1) is 11.4. The Bertz CT molecular complexity index is 653. The molecular formula is C17H28N4O2S. The van der Waals surface area contributed by atoms with Crippen LogP contribution in [0.4, 0.5) is 5.95 Å². The van der Waals surface area contributed by atoms with Crippen molar-refractivity contribution in [1.82, 2.24) is 14.7 Å². The van der Waals surface area contributed by atoms with Crippen LogP contribution in [0, 0.1) is 6.92 Å². The van der Waals surface area contributed by atoms with E-state index in [0.717, 1.165) is 30.3 Å². The van der Waals surface area contributed by atoms with Gasteiger partial charge in [0.15, 0.2) is 0 Å². The van der Waals surface area contributed by atoms with E-state index in [2.05, 4.69) is 26.2 Å². The van der Waals surface area contributed by atoms with E-state index >= 15 is 0 Å². The van der Waals surface area contributed by atoms with Crippen molar-refractivity contribution in [2.45, 2.75) is 52.0 Å². The van der Waals surface area contributed by atoms with E-state index < -0.39 is 10.0 Å². The highest BCUT2D eigenvalue weighted by molar-refractivity contribution is 7.89. The van der Waals surface area contributed by atoms with E-state index in [-0.39, 0.29) is 11.8 Å². The highest BCUT2D eigenvalue weighted by atomic mass is 32.2. The molecule has 1 aromatic rings. The largest absolute Gasteiger partial charge is 0.341 e. The van der Waals surface area contributed by atoms with Crippen LogP contribution in [0.2, 0.25) is 0 Å². The minimum Gasteiger partial charge on any atom is -0.341 e. The fraction of sp³-hybridized carbons (Fsp3) is 0.647. The standard InChI is InChI=1S/C17H28N4O2S/c1-4-12-24(22,23)20-15(3)16-13-18-17(19-14(16)2)21-10-8-6-5-7-9-11-21/h4,13,15,20H,1,5-12H2,2-3H3/t15-/m1/s1. The Morgan fingerprint density at radius 2 is 1.92 bits per heavy atom. The Morgan fingerprint density at radius 3 is 2.50 bits per heavy atom. The Hall–Kier alpha value is -1.47. The maximum atomic E-state index is 11.9. The van der Waals surface area contributed by atoms with Crippen LogP contribution in [0.5, 0.6) is 0 Å². The van der Waals surface area contributed by atoms with Gasteiger partial charge in [-0.25, -0.2) is 23.1 Å². The highest BCUT2D eigenvalue weighted by Gasteiger charge is 2.19. The molecule has 1 fully saturated rings. The summed E-state index contributed by atoms with van der Waals surface area (Å²) in [5, 5.41) is 0. The Kier molecular flexibility index (Phi) is 6.74. The van der Waals surface area contributed by atoms with Gasteiger partial charge in [0.05, 0.1) is 5.75 Å². The summed E-state index contributed by atoms with van der Waals surface area (Å²) in [7, 11) is -3.37. The Balaban J connectivity index is 2.12. The fourth-order valence-electron chi connectivity index (χ4n) is 3.03. The van der Waals surface area contributed by atoms with Gasteiger partial charge in [0, 0.05) is 36.6 Å². The van der Waals surface area contributed by atoms with Crippen LogP contribution in [-0.2, 0) is 10.0 Å². The van der Waals surface area contributed by atoms with Crippen LogP contribution in [0.25, 0.3) is 0 Å². The summed E-state index contributed by atoms with van der Waals surface area (Å²) in [6, 6.07) is -0.365. The van der Waals surface area contributed by atoms with Crippen LogP contribution < -0.4 is 9.62 Å². The van der Waals surface area contributed by atoms with Gasteiger partial charge in [-0.1, -0.05) is 25.3 Å². The minimum absolute atomic E-state index is 0.0941. The molecule has 0 unspecified atom stereocenters. The molecule has 134 valence electrons. The number of nitrogens with zero attached hydrogens (tertiary/aromatic N) is 3. The minimum atomic E-state index is -3.37. The summed E-state index contributed by atoms with van der Waals surface area (Å²) in [6.45, 7) is 9.16. The third-order valence-corrected chi connectivity index (χ3v) is 5.69. The number of rotatable bonds is 6. The zero-order chi connectivity index (χ0) is 17.6. The SMILES string of the molecule is C=CCS(=O)(=O)N[C@H](C)c1cnc(N2CCCCCCC2)nc1C. The Morgan fingerprint density at radius 1 is 1.29 bits per heavy atom. The van der Waals surface area contributed by atoms with Crippen LogP contribution in [0.3, 0.4) is 0 Å². The second-order valence-electron chi connectivity index (χ2n) is 6.38. The van der Waals surface area contributed by atoms with Crippen molar-refractivity contribution in [2.24, 2.45) is 0 Å². The maximum Gasteiger partial charge on any atom is 0.225 e. The second kappa shape index (κ2) is 8.58. The van der Waals surface area contributed by atoms with Crippen molar-refractivity contribution in [3.63, 3.8) is 0 Å². The monoisotopic (exact) mass is 352 g/mol. The van der Waals surface area contributed by atoms with Crippen molar-refractivity contribution in [1.29, 1.82) is 0 Å². The quantitative estimate of drug-likeness (QED) is 0.797. The predicted molar refractivity (Wildman–Crippen MR) is 97.6 cm³/mol. The van der Waals surface area contributed by atoms with Crippen molar-refractivity contribution < 1.29 is 8.42 Å². The van der Waals surface area contributed by atoms with Crippen molar-refractivity contribution in [3.8, 4) is 0 Å². The van der Waals surface area contributed by atoms with Gasteiger partial charge in [-0.2, -0.15) is 0 Å². The molecular weight excluding hydrogens is 324 g/mol. The molecule has 1 atom stereocenters. The average molecular weight is 353 g/mol. The summed E-state index contributed by atoms with van der Waals surface area (Å²) >= 11 is 0. The molecule has 0 aromatic carbocycles. The van der Waals surface area contributed by atoms with E-state index in [4.69, 9.17) is 0 Å². The first kappa shape index (κ1) is 18.9. The van der Waals surface area contributed by atoms with Gasteiger partial charge in [0.1, 0.15) is 0 Å². The smallest absolute Gasteiger partial charge is 0.225 e. The molecule has 2 heterocycles. The van der Waals surface area contributed by atoms with Crippen LogP contribution in [0.15, 0.2) is 18.9 Å². The second-order valence-corrected chi connectivity index (χ2v) is 8.17. The average Bonchev–Trinajstić information content (AvgIpc) is 2.45. The first-order valence-corrected chi connectivity index (χ1v) is 10.3. The lowest BCUT2D eigenvalue weighted by Gasteiger charge is -2.25. The van der Waals surface area contributed by atoms with E-state index in [1.54, 1.807) is 6.20 Å². The maximum absolute atomic E-state index is 11.9. The molecule has 24 heavy (non-hydrogen) atoms. The molecule has 1 N–H and O–H groups in total. The lowest BCUT2D eigenvalue weighted by Crippen LogP contribution is -2.31. The van der Waals surface area contributed by atoms with Crippen molar-refractivity contribution >= 4 is 16.0 Å². The molecule has 6 nitrogen and oxygen atoms in total. The molecule has 1 aliphatic rings. The summed E-state index contributed by atoms with van der Waals surface area (Å²) in [4.78, 5) is 11.4. The van der Waals surface area contributed by atoms with Gasteiger partial charge in [0.25, 0.3) is 0 Å². The van der Waals surface area contributed by atoms with Gasteiger partial charge in [-0.15, -0.1) is 6.58 Å². The summed E-state index contributed by atoms with van der Waals surface area (Å²) in [5.74, 6) is 0.655. The van der Waals surface area contributed by atoms with Crippen molar-refractivity contribution in [3.05, 3.63) is 30.1 Å². The zero-order valence-electron chi connectivity index (χ0n) is 14.7. The third-order valence-electron chi connectivity index (χ3n) is 4.30. The van der Waals surface area contributed by atoms with E-state index in [1.165, 1.54) is 38.2 Å². The number of nitrogens with one attached hydrogen (secondary N) is 1. The van der Waals surface area contributed by atoms with Crippen LogP contribution in [-0.4, -0.2) is 37.2 Å². The van der Waals surface area contributed by atoms with Gasteiger partial charge in [-0.05, 0) is 26.7 Å². The molecule has 0 aliphatic carbocycles. The number of aryl methyl sites for hydroxylation is 1. The van der Waals surface area contributed by atoms with Gasteiger partial charge in [-0.3, -0.25) is 0 Å². The number of aromatic nitrogens is 2. The first-order valence-electron chi connectivity index (χ1n) is 8.62. The lowest BCUT2D eigenvalue weighted by molar-refractivity contribution is 0.549. The van der Waals surface area contributed by atoms with Gasteiger partial charge >= 0.3 is 0 Å². The predicted octanol–water partition coefficient (Wildman–Crippen LogP) is 2.72. The topological polar surface area (TPSA) is 75.2 Å². The number of hydrogen-bond donors (Lipinski definition) is 1. The number of sulfonamides is 1. The molecule has 0 amide bonds. The van der Waals surface area contributed by atoms with E-state index in [9.17, 15) is 8.42 Å². The third kappa shape index (κ3) is 5.27. The van der Waals surface area contributed by atoms with Crippen LogP contribution >= 0.6 is 0 Å². The normalized spacial score (nSPS) is 17.8. The van der Waals surface area contributed by atoms with Gasteiger partial charge in [0.2, 0.25) is 16.0 Å². The molecule has 0 bridgehead atoms.